The van der Waals surface area contributed by atoms with Gasteiger partial charge in [-0.25, -0.2) is 0 Å². The molecular formula is C14H32N2. The van der Waals surface area contributed by atoms with E-state index in [1.807, 2.05) is 0 Å². The Morgan fingerprint density at radius 2 is 1.75 bits per heavy atom. The van der Waals surface area contributed by atoms with Gasteiger partial charge in [0.05, 0.1) is 0 Å². The van der Waals surface area contributed by atoms with Crippen LogP contribution in [0, 0.1) is 0 Å². The molecule has 16 heavy (non-hydrogen) atoms. The van der Waals surface area contributed by atoms with E-state index in [9.17, 15) is 0 Å². The van der Waals surface area contributed by atoms with Crippen molar-refractivity contribution in [3.63, 3.8) is 0 Å². The van der Waals surface area contributed by atoms with Crippen LogP contribution in [-0.4, -0.2) is 36.1 Å². The highest BCUT2D eigenvalue weighted by Crippen LogP contribution is 2.20. The molecule has 0 aliphatic rings. The first-order valence-corrected chi connectivity index (χ1v) is 6.77. The van der Waals surface area contributed by atoms with Gasteiger partial charge in [0.2, 0.25) is 0 Å². The zero-order valence-corrected chi connectivity index (χ0v) is 12.4. The second kappa shape index (κ2) is 7.29. The van der Waals surface area contributed by atoms with Crippen molar-refractivity contribution in [2.24, 2.45) is 0 Å². The van der Waals surface area contributed by atoms with Crippen molar-refractivity contribution < 1.29 is 0 Å². The Morgan fingerprint density at radius 1 is 1.19 bits per heavy atom. The fourth-order valence-corrected chi connectivity index (χ4v) is 1.83. The highest BCUT2D eigenvalue weighted by Gasteiger charge is 2.24. The van der Waals surface area contributed by atoms with Crippen LogP contribution in [0.15, 0.2) is 0 Å². The summed E-state index contributed by atoms with van der Waals surface area (Å²) >= 11 is 0. The molecule has 0 aromatic rings. The zero-order valence-electron chi connectivity index (χ0n) is 12.4. The molecule has 0 radical (unpaired) electrons. The van der Waals surface area contributed by atoms with Crippen molar-refractivity contribution in [2.75, 3.05) is 13.6 Å². The third-order valence-corrected chi connectivity index (χ3v) is 3.83. The molecule has 0 aromatic heterocycles. The summed E-state index contributed by atoms with van der Waals surface area (Å²) in [5, 5.41) is 3.47. The van der Waals surface area contributed by atoms with Crippen LogP contribution in [0.4, 0.5) is 0 Å². The Morgan fingerprint density at radius 3 is 2.19 bits per heavy atom. The van der Waals surface area contributed by atoms with Crippen LogP contribution in [0.3, 0.4) is 0 Å². The van der Waals surface area contributed by atoms with Crippen LogP contribution in [0.5, 0.6) is 0 Å². The third kappa shape index (κ3) is 5.86. The van der Waals surface area contributed by atoms with Gasteiger partial charge in [-0.3, -0.25) is 4.90 Å². The minimum Gasteiger partial charge on any atom is -0.315 e. The molecule has 0 amide bonds. The Hall–Kier alpha value is -0.0800. The summed E-state index contributed by atoms with van der Waals surface area (Å²) < 4.78 is 0. The molecule has 0 fully saturated rings. The molecule has 0 spiro atoms. The predicted molar refractivity (Wildman–Crippen MR) is 74.0 cm³/mol. The molecule has 0 saturated heterocycles. The van der Waals surface area contributed by atoms with Crippen LogP contribution in [0.2, 0.25) is 0 Å². The summed E-state index contributed by atoms with van der Waals surface area (Å²) in [5.41, 5.74) is 0.324. The molecule has 1 unspecified atom stereocenters. The molecule has 98 valence electrons. The molecule has 2 heteroatoms. The Kier molecular flexibility index (Phi) is 7.25. The molecule has 0 aliphatic carbocycles. The van der Waals surface area contributed by atoms with E-state index in [4.69, 9.17) is 0 Å². The fourth-order valence-electron chi connectivity index (χ4n) is 1.83. The maximum atomic E-state index is 3.47. The minimum atomic E-state index is 0.324. The molecule has 0 saturated carbocycles. The van der Waals surface area contributed by atoms with Crippen LogP contribution in [-0.2, 0) is 0 Å². The van der Waals surface area contributed by atoms with E-state index in [1.54, 1.807) is 0 Å². The highest BCUT2D eigenvalue weighted by atomic mass is 15.2. The first-order valence-electron chi connectivity index (χ1n) is 6.77. The Bertz CT molecular complexity index is 176. The largest absolute Gasteiger partial charge is 0.315 e. The summed E-state index contributed by atoms with van der Waals surface area (Å²) in [5.74, 6) is 0. The lowest BCUT2D eigenvalue weighted by atomic mass is 9.97. The first kappa shape index (κ1) is 15.9. The summed E-state index contributed by atoms with van der Waals surface area (Å²) in [6, 6.07) is 1.28. The lowest BCUT2D eigenvalue weighted by Gasteiger charge is -2.39. The standard InChI is InChI=1S/C14H32N2/c1-8-14(5,6)16(7)13(4)10-9-11-15-12(2)3/h12-13,15H,8-11H2,1-7H3. The van der Waals surface area contributed by atoms with Crippen LogP contribution < -0.4 is 5.32 Å². The average molecular weight is 228 g/mol. The maximum absolute atomic E-state index is 3.47. The van der Waals surface area contributed by atoms with Crippen LogP contribution >= 0.6 is 0 Å². The van der Waals surface area contributed by atoms with E-state index in [0.29, 0.717) is 17.6 Å². The average Bonchev–Trinajstić information content (AvgIpc) is 2.22. The highest BCUT2D eigenvalue weighted by molar-refractivity contribution is 4.81. The van der Waals surface area contributed by atoms with E-state index in [2.05, 4.69) is 58.8 Å². The van der Waals surface area contributed by atoms with Crippen LogP contribution in [0.25, 0.3) is 0 Å². The molecule has 1 N–H and O–H groups in total. The molecule has 0 heterocycles. The van der Waals surface area contributed by atoms with Crippen molar-refractivity contribution in [3.05, 3.63) is 0 Å². The van der Waals surface area contributed by atoms with Crippen molar-refractivity contribution in [2.45, 2.75) is 78.4 Å². The summed E-state index contributed by atoms with van der Waals surface area (Å²) in [4.78, 5) is 2.52. The summed E-state index contributed by atoms with van der Waals surface area (Å²) in [7, 11) is 2.25. The van der Waals surface area contributed by atoms with Gasteiger partial charge in [-0.2, -0.15) is 0 Å². The van der Waals surface area contributed by atoms with Crippen molar-refractivity contribution in [1.82, 2.24) is 10.2 Å². The van der Waals surface area contributed by atoms with Gasteiger partial charge in [0, 0.05) is 17.6 Å². The van der Waals surface area contributed by atoms with Gasteiger partial charge in [-0.15, -0.1) is 0 Å². The molecule has 0 aliphatic heterocycles. The van der Waals surface area contributed by atoms with Gasteiger partial charge < -0.3 is 5.32 Å². The van der Waals surface area contributed by atoms with Gasteiger partial charge >= 0.3 is 0 Å². The smallest absolute Gasteiger partial charge is 0.0150 e. The maximum Gasteiger partial charge on any atom is 0.0150 e. The lowest BCUT2D eigenvalue weighted by Crippen LogP contribution is -2.46. The number of rotatable bonds is 8. The third-order valence-electron chi connectivity index (χ3n) is 3.83. The molecule has 0 bridgehead atoms. The van der Waals surface area contributed by atoms with E-state index in [1.165, 1.54) is 19.3 Å². The van der Waals surface area contributed by atoms with Gasteiger partial charge in [0.25, 0.3) is 0 Å². The summed E-state index contributed by atoms with van der Waals surface area (Å²) in [6.45, 7) is 14.8. The molecule has 0 aromatic carbocycles. The quantitative estimate of drug-likeness (QED) is 0.641. The van der Waals surface area contributed by atoms with Gasteiger partial charge in [0.15, 0.2) is 0 Å². The SMILES string of the molecule is CCC(C)(C)N(C)C(C)CCCNC(C)C. The molecule has 1 atom stereocenters. The van der Waals surface area contributed by atoms with Gasteiger partial charge in [0.1, 0.15) is 0 Å². The fraction of sp³-hybridized carbons (Fsp3) is 1.00. The van der Waals surface area contributed by atoms with Gasteiger partial charge in [-0.05, 0) is 53.6 Å². The Balaban J connectivity index is 3.84. The topological polar surface area (TPSA) is 15.3 Å². The van der Waals surface area contributed by atoms with E-state index in [0.717, 1.165) is 6.54 Å². The first-order chi connectivity index (χ1) is 7.31. The molecule has 2 nitrogen and oxygen atoms in total. The monoisotopic (exact) mass is 228 g/mol. The van der Waals surface area contributed by atoms with Crippen molar-refractivity contribution in [1.29, 1.82) is 0 Å². The predicted octanol–water partition coefficient (Wildman–Crippen LogP) is 3.27. The van der Waals surface area contributed by atoms with Gasteiger partial charge in [-0.1, -0.05) is 20.8 Å². The normalized spacial score (nSPS) is 14.8. The second-order valence-electron chi connectivity index (χ2n) is 5.88. The summed E-state index contributed by atoms with van der Waals surface area (Å²) in [6.07, 6.45) is 3.75. The van der Waals surface area contributed by atoms with Crippen LogP contribution in [0.1, 0.15) is 60.8 Å². The molecule has 0 rings (SSSR count). The Labute approximate surface area is 103 Å². The second-order valence-corrected chi connectivity index (χ2v) is 5.88. The molecular weight excluding hydrogens is 196 g/mol. The van der Waals surface area contributed by atoms with E-state index < -0.39 is 0 Å². The van der Waals surface area contributed by atoms with Crippen molar-refractivity contribution >= 4 is 0 Å². The minimum absolute atomic E-state index is 0.324. The number of nitrogens with one attached hydrogen (secondary N) is 1. The van der Waals surface area contributed by atoms with E-state index >= 15 is 0 Å². The zero-order chi connectivity index (χ0) is 12.8. The number of hydrogen-bond donors (Lipinski definition) is 1. The number of hydrogen-bond acceptors (Lipinski definition) is 2. The van der Waals surface area contributed by atoms with Crippen molar-refractivity contribution in [3.8, 4) is 0 Å². The van der Waals surface area contributed by atoms with E-state index in [-0.39, 0.29) is 0 Å². The lowest BCUT2D eigenvalue weighted by molar-refractivity contribution is 0.0997. The number of nitrogens with zero attached hydrogens (tertiary/aromatic N) is 1.